The van der Waals surface area contributed by atoms with Gasteiger partial charge in [-0.1, -0.05) is 13.3 Å². The van der Waals surface area contributed by atoms with Crippen molar-refractivity contribution in [2.75, 3.05) is 13.2 Å². The molecule has 108 valence electrons. The summed E-state index contributed by atoms with van der Waals surface area (Å²) < 4.78 is 19.0. The van der Waals surface area contributed by atoms with E-state index in [2.05, 4.69) is 11.9 Å². The van der Waals surface area contributed by atoms with Crippen LogP contribution >= 0.6 is 11.3 Å². The number of nitrogens with two attached hydrogens (primary N) is 1. The van der Waals surface area contributed by atoms with E-state index in [1.807, 2.05) is 18.2 Å². The van der Waals surface area contributed by atoms with Gasteiger partial charge in [-0.05, 0) is 31.0 Å². The number of ether oxygens (including phenoxy) is 1. The molecule has 2 aromatic rings. The van der Waals surface area contributed by atoms with Crippen molar-refractivity contribution in [3.63, 3.8) is 0 Å². The third-order valence-electron chi connectivity index (χ3n) is 2.99. The largest absolute Gasteiger partial charge is 0.489 e. The first-order valence-electron chi connectivity index (χ1n) is 6.77. The highest BCUT2D eigenvalue weighted by Crippen LogP contribution is 2.27. The summed E-state index contributed by atoms with van der Waals surface area (Å²) in [6, 6.07) is 5.75. The zero-order valence-corrected chi connectivity index (χ0v) is 12.4. The molecule has 0 aliphatic carbocycles. The first kappa shape index (κ1) is 14.9. The zero-order valence-electron chi connectivity index (χ0n) is 11.6. The predicted molar refractivity (Wildman–Crippen MR) is 82.0 cm³/mol. The van der Waals surface area contributed by atoms with Crippen molar-refractivity contribution in [3.8, 4) is 5.75 Å². The third-order valence-corrected chi connectivity index (χ3v) is 4.07. The highest BCUT2D eigenvalue weighted by molar-refractivity contribution is 7.18. The van der Waals surface area contributed by atoms with Gasteiger partial charge in [0.05, 0.1) is 21.6 Å². The Hall–Kier alpha value is -1.46. The fourth-order valence-electron chi connectivity index (χ4n) is 1.79. The minimum Gasteiger partial charge on any atom is -0.489 e. The molecule has 0 saturated heterocycles. The van der Waals surface area contributed by atoms with E-state index in [1.54, 1.807) is 11.3 Å². The number of aryl methyl sites for hydroxylation is 1. The summed E-state index contributed by atoms with van der Waals surface area (Å²) in [5.74, 6) is 0.719. The average Bonchev–Trinajstić information content (AvgIpc) is 2.88. The summed E-state index contributed by atoms with van der Waals surface area (Å²) in [5.41, 5.74) is 6.83. The van der Waals surface area contributed by atoms with Gasteiger partial charge in [-0.2, -0.15) is 0 Å². The highest BCUT2D eigenvalue weighted by atomic mass is 32.1. The number of rotatable bonds is 7. The second-order valence-electron chi connectivity index (χ2n) is 4.60. The van der Waals surface area contributed by atoms with Gasteiger partial charge in [0.25, 0.3) is 0 Å². The lowest BCUT2D eigenvalue weighted by molar-refractivity contribution is 0.348. The topological polar surface area (TPSA) is 48.1 Å². The van der Waals surface area contributed by atoms with Gasteiger partial charge in [0.15, 0.2) is 0 Å². The number of unbranched alkanes of at least 4 members (excludes halogenated alkanes) is 1. The Morgan fingerprint density at radius 3 is 3.05 bits per heavy atom. The maximum absolute atomic E-state index is 12.4. The van der Waals surface area contributed by atoms with Gasteiger partial charge in [0.2, 0.25) is 0 Å². The van der Waals surface area contributed by atoms with E-state index in [-0.39, 0.29) is 13.2 Å². The zero-order chi connectivity index (χ0) is 14.4. The molecule has 1 aromatic carbocycles. The molecule has 0 unspecified atom stereocenters. The summed E-state index contributed by atoms with van der Waals surface area (Å²) in [6.07, 6.45) is 3.86. The molecule has 5 heteroatoms. The number of hydrogen-bond acceptors (Lipinski definition) is 4. The van der Waals surface area contributed by atoms with Crippen LogP contribution in [0.5, 0.6) is 5.75 Å². The summed E-state index contributed by atoms with van der Waals surface area (Å²) in [4.78, 5) is 4.59. The Bertz CT molecular complexity index is 595. The number of halogens is 1. The molecular weight excluding hydrogens is 275 g/mol. The van der Waals surface area contributed by atoms with Crippen molar-refractivity contribution in [3.05, 3.63) is 35.1 Å². The van der Waals surface area contributed by atoms with Gasteiger partial charge in [0.1, 0.15) is 12.4 Å². The molecule has 0 radical (unpaired) electrons. The number of benzene rings is 1. The van der Waals surface area contributed by atoms with Crippen LogP contribution < -0.4 is 10.5 Å². The van der Waals surface area contributed by atoms with Crippen molar-refractivity contribution < 1.29 is 9.13 Å². The lowest BCUT2D eigenvalue weighted by Gasteiger charge is -2.06. The van der Waals surface area contributed by atoms with E-state index in [0.717, 1.165) is 33.8 Å². The smallest absolute Gasteiger partial charge is 0.121 e. The van der Waals surface area contributed by atoms with Gasteiger partial charge in [-0.3, -0.25) is 0 Å². The third kappa shape index (κ3) is 3.77. The van der Waals surface area contributed by atoms with Crippen LogP contribution in [0, 0.1) is 0 Å². The van der Waals surface area contributed by atoms with Gasteiger partial charge in [-0.25, -0.2) is 9.37 Å². The first-order chi connectivity index (χ1) is 9.76. The molecule has 2 N–H and O–H groups in total. The average molecular weight is 294 g/mol. The van der Waals surface area contributed by atoms with E-state index < -0.39 is 0 Å². The van der Waals surface area contributed by atoms with Gasteiger partial charge in [-0.15, -0.1) is 11.3 Å². The van der Waals surface area contributed by atoms with Crippen molar-refractivity contribution in [1.82, 2.24) is 4.98 Å². The van der Waals surface area contributed by atoms with Gasteiger partial charge in [0, 0.05) is 12.1 Å². The Kier molecular flexibility index (Phi) is 5.49. The normalized spacial score (nSPS) is 12.1. The Morgan fingerprint density at radius 1 is 1.50 bits per heavy atom. The number of nitrogens with zero attached hydrogens (tertiary/aromatic N) is 1. The van der Waals surface area contributed by atoms with Crippen LogP contribution in [-0.4, -0.2) is 18.1 Å². The van der Waals surface area contributed by atoms with Crippen LogP contribution in [-0.2, 0) is 6.42 Å². The Morgan fingerprint density at radius 2 is 2.35 bits per heavy atom. The van der Waals surface area contributed by atoms with E-state index >= 15 is 0 Å². The van der Waals surface area contributed by atoms with Crippen LogP contribution in [0.2, 0.25) is 0 Å². The number of thiazole rings is 1. The summed E-state index contributed by atoms with van der Waals surface area (Å²) >= 11 is 1.69. The van der Waals surface area contributed by atoms with Gasteiger partial charge >= 0.3 is 0 Å². The molecule has 1 heterocycles. The summed E-state index contributed by atoms with van der Waals surface area (Å²) in [6.45, 7) is 2.52. The molecule has 0 amide bonds. The van der Waals surface area contributed by atoms with Crippen molar-refractivity contribution in [2.24, 2.45) is 5.73 Å². The molecule has 0 bridgehead atoms. The monoisotopic (exact) mass is 294 g/mol. The van der Waals surface area contributed by atoms with Crippen LogP contribution in [0.4, 0.5) is 4.39 Å². The minimum absolute atomic E-state index is 0.167. The molecule has 2 rings (SSSR count). The van der Waals surface area contributed by atoms with Crippen molar-refractivity contribution in [2.45, 2.75) is 26.2 Å². The number of aromatic nitrogens is 1. The van der Waals surface area contributed by atoms with Crippen LogP contribution in [0.15, 0.2) is 30.1 Å². The molecule has 3 nitrogen and oxygen atoms in total. The SMILES string of the molecule is CCCCc1nc2ccc(OC/C(=C/F)CN)cc2s1. The fourth-order valence-corrected chi connectivity index (χ4v) is 2.83. The molecular formula is C15H19FN2OS. The van der Waals surface area contributed by atoms with Crippen LogP contribution in [0.3, 0.4) is 0 Å². The van der Waals surface area contributed by atoms with Crippen molar-refractivity contribution >= 4 is 21.6 Å². The molecule has 0 spiro atoms. The quantitative estimate of drug-likeness (QED) is 0.844. The lowest BCUT2D eigenvalue weighted by atomic mass is 10.2. The molecule has 0 aliphatic rings. The van der Waals surface area contributed by atoms with E-state index in [4.69, 9.17) is 10.5 Å². The molecule has 0 fully saturated rings. The molecule has 20 heavy (non-hydrogen) atoms. The van der Waals surface area contributed by atoms with E-state index in [0.29, 0.717) is 11.9 Å². The Balaban J connectivity index is 2.08. The maximum atomic E-state index is 12.4. The van der Waals surface area contributed by atoms with Crippen LogP contribution in [0.25, 0.3) is 10.2 Å². The van der Waals surface area contributed by atoms with Crippen LogP contribution in [0.1, 0.15) is 24.8 Å². The van der Waals surface area contributed by atoms with Crippen molar-refractivity contribution in [1.29, 1.82) is 0 Å². The van der Waals surface area contributed by atoms with E-state index in [1.165, 1.54) is 6.42 Å². The molecule has 0 atom stereocenters. The van der Waals surface area contributed by atoms with Gasteiger partial charge < -0.3 is 10.5 Å². The highest BCUT2D eigenvalue weighted by Gasteiger charge is 2.05. The first-order valence-corrected chi connectivity index (χ1v) is 7.59. The second kappa shape index (κ2) is 7.36. The molecule has 1 aromatic heterocycles. The summed E-state index contributed by atoms with van der Waals surface area (Å²) in [5, 5.41) is 1.16. The van der Waals surface area contributed by atoms with E-state index in [9.17, 15) is 4.39 Å². The summed E-state index contributed by atoms with van der Waals surface area (Å²) in [7, 11) is 0. The predicted octanol–water partition coefficient (Wildman–Crippen LogP) is 3.83. The Labute approximate surface area is 122 Å². The molecule has 0 saturated carbocycles. The molecule has 0 aliphatic heterocycles. The maximum Gasteiger partial charge on any atom is 0.121 e. The number of hydrogen-bond donors (Lipinski definition) is 1. The fraction of sp³-hybridized carbons (Fsp3) is 0.400. The standard InChI is InChI=1S/C15H19FN2OS/c1-2-3-4-15-18-13-6-5-12(7-14(13)20-15)19-10-11(8-16)9-17/h5-8H,2-4,9-10,17H2,1H3/b11-8+. The lowest BCUT2D eigenvalue weighted by Crippen LogP contribution is -2.10. The minimum atomic E-state index is 0.167. The second-order valence-corrected chi connectivity index (χ2v) is 5.72. The number of fused-ring (bicyclic) bond motifs is 1.